The van der Waals surface area contributed by atoms with Gasteiger partial charge in [0.25, 0.3) is 0 Å². The van der Waals surface area contributed by atoms with Crippen molar-refractivity contribution in [3.8, 4) is 5.88 Å². The zero-order chi connectivity index (χ0) is 10.6. The molecule has 0 amide bonds. The van der Waals surface area contributed by atoms with Crippen LogP contribution in [0.2, 0.25) is 0 Å². The van der Waals surface area contributed by atoms with Gasteiger partial charge in [0.15, 0.2) is 0 Å². The van der Waals surface area contributed by atoms with Crippen molar-refractivity contribution in [1.82, 2.24) is 4.98 Å². The third kappa shape index (κ3) is 2.45. The summed E-state index contributed by atoms with van der Waals surface area (Å²) in [5.74, 6) is 0.995. The highest BCUT2D eigenvalue weighted by Crippen LogP contribution is 2.21. The molecule has 3 heteroatoms. The van der Waals surface area contributed by atoms with E-state index in [0.717, 1.165) is 6.42 Å². The molecule has 0 aliphatic heterocycles. The lowest BCUT2D eigenvalue weighted by atomic mass is 9.93. The van der Waals surface area contributed by atoms with Crippen molar-refractivity contribution in [3.05, 3.63) is 23.9 Å². The second-order valence-corrected chi connectivity index (χ2v) is 3.49. The summed E-state index contributed by atoms with van der Waals surface area (Å²) < 4.78 is 5.07. The number of methoxy groups -OCH3 is 1. The maximum Gasteiger partial charge on any atom is 0.213 e. The maximum atomic E-state index is 5.98. The maximum absolute atomic E-state index is 5.98. The summed E-state index contributed by atoms with van der Waals surface area (Å²) >= 11 is 0. The molecule has 78 valence electrons. The van der Waals surface area contributed by atoms with Crippen LogP contribution in [-0.2, 0) is 0 Å². The number of nitrogens with zero attached hydrogens (tertiary/aromatic N) is 1. The first-order valence-electron chi connectivity index (χ1n) is 4.94. The molecular weight excluding hydrogens is 176 g/mol. The van der Waals surface area contributed by atoms with Crippen LogP contribution in [0.25, 0.3) is 0 Å². The van der Waals surface area contributed by atoms with Gasteiger partial charge < -0.3 is 10.5 Å². The van der Waals surface area contributed by atoms with E-state index in [0.29, 0.717) is 11.8 Å². The smallest absolute Gasteiger partial charge is 0.213 e. The van der Waals surface area contributed by atoms with Gasteiger partial charge in [0.1, 0.15) is 0 Å². The van der Waals surface area contributed by atoms with Crippen molar-refractivity contribution < 1.29 is 4.74 Å². The standard InChI is InChI=1S/C11H18N2O/c1-4-10(12)8(2)9-5-6-13-11(7-9)14-3/h5-8,10H,4,12H2,1-3H3. The van der Waals surface area contributed by atoms with Crippen molar-refractivity contribution in [2.75, 3.05) is 7.11 Å². The summed E-state index contributed by atoms with van der Waals surface area (Å²) in [5, 5.41) is 0. The topological polar surface area (TPSA) is 48.1 Å². The molecule has 1 rings (SSSR count). The minimum atomic E-state index is 0.196. The van der Waals surface area contributed by atoms with E-state index >= 15 is 0 Å². The highest BCUT2D eigenvalue weighted by molar-refractivity contribution is 5.24. The SMILES string of the molecule is CCC(N)C(C)c1ccnc(OC)c1. The molecule has 3 nitrogen and oxygen atoms in total. The van der Waals surface area contributed by atoms with E-state index in [2.05, 4.69) is 18.8 Å². The van der Waals surface area contributed by atoms with Gasteiger partial charge in [-0.1, -0.05) is 13.8 Å². The first-order valence-corrected chi connectivity index (χ1v) is 4.94. The first-order chi connectivity index (χ1) is 6.69. The van der Waals surface area contributed by atoms with Crippen molar-refractivity contribution in [2.24, 2.45) is 5.73 Å². The molecule has 0 saturated carbocycles. The fraction of sp³-hybridized carbons (Fsp3) is 0.545. The van der Waals surface area contributed by atoms with Gasteiger partial charge in [-0.3, -0.25) is 0 Å². The molecule has 2 unspecified atom stereocenters. The average molecular weight is 194 g/mol. The summed E-state index contributed by atoms with van der Waals surface area (Å²) in [6, 6.07) is 4.13. The molecule has 0 fully saturated rings. The molecule has 0 aromatic carbocycles. The molecule has 0 radical (unpaired) electrons. The van der Waals surface area contributed by atoms with Crippen LogP contribution in [0.15, 0.2) is 18.3 Å². The molecule has 1 aromatic heterocycles. The van der Waals surface area contributed by atoms with E-state index in [1.807, 2.05) is 12.1 Å². The lowest BCUT2D eigenvalue weighted by Crippen LogP contribution is -2.25. The molecule has 0 aliphatic carbocycles. The number of aromatic nitrogens is 1. The highest BCUT2D eigenvalue weighted by Gasteiger charge is 2.13. The van der Waals surface area contributed by atoms with Crippen LogP contribution < -0.4 is 10.5 Å². The number of rotatable bonds is 4. The van der Waals surface area contributed by atoms with Crippen LogP contribution in [-0.4, -0.2) is 18.1 Å². The predicted molar refractivity (Wildman–Crippen MR) is 57.5 cm³/mol. The van der Waals surface area contributed by atoms with Crippen molar-refractivity contribution in [3.63, 3.8) is 0 Å². The Morgan fingerprint density at radius 2 is 2.29 bits per heavy atom. The van der Waals surface area contributed by atoms with E-state index in [4.69, 9.17) is 10.5 Å². The predicted octanol–water partition coefficient (Wildman–Crippen LogP) is 1.93. The van der Waals surface area contributed by atoms with Gasteiger partial charge in [-0.05, 0) is 24.0 Å². The third-order valence-corrected chi connectivity index (χ3v) is 2.61. The summed E-state index contributed by atoms with van der Waals surface area (Å²) in [7, 11) is 1.62. The second-order valence-electron chi connectivity index (χ2n) is 3.49. The van der Waals surface area contributed by atoms with Gasteiger partial charge in [-0.25, -0.2) is 4.98 Å². The molecule has 0 spiro atoms. The summed E-state index contributed by atoms with van der Waals surface area (Å²) in [4.78, 5) is 4.06. The van der Waals surface area contributed by atoms with Gasteiger partial charge in [0, 0.05) is 18.3 Å². The number of hydrogen-bond acceptors (Lipinski definition) is 3. The fourth-order valence-electron chi connectivity index (χ4n) is 1.42. The Kier molecular flexibility index (Phi) is 3.89. The van der Waals surface area contributed by atoms with E-state index in [-0.39, 0.29) is 6.04 Å². The number of pyridine rings is 1. The third-order valence-electron chi connectivity index (χ3n) is 2.61. The lowest BCUT2D eigenvalue weighted by Gasteiger charge is -2.18. The monoisotopic (exact) mass is 194 g/mol. The van der Waals surface area contributed by atoms with Crippen LogP contribution in [0.3, 0.4) is 0 Å². The van der Waals surface area contributed by atoms with Gasteiger partial charge in [0.05, 0.1) is 7.11 Å². The minimum Gasteiger partial charge on any atom is -0.481 e. The quantitative estimate of drug-likeness (QED) is 0.796. The van der Waals surface area contributed by atoms with Crippen LogP contribution in [0, 0.1) is 0 Å². The normalized spacial score (nSPS) is 14.9. The molecule has 0 saturated heterocycles. The van der Waals surface area contributed by atoms with Gasteiger partial charge >= 0.3 is 0 Å². The molecule has 2 N–H and O–H groups in total. The van der Waals surface area contributed by atoms with E-state index in [1.165, 1.54) is 5.56 Å². The Hall–Kier alpha value is -1.09. The molecular formula is C11H18N2O. The summed E-state index contributed by atoms with van der Waals surface area (Å²) in [6.45, 7) is 4.22. The van der Waals surface area contributed by atoms with Crippen molar-refractivity contribution in [2.45, 2.75) is 32.2 Å². The second kappa shape index (κ2) is 4.96. The molecule has 1 aromatic rings. The molecule has 1 heterocycles. The molecule has 0 bridgehead atoms. The van der Waals surface area contributed by atoms with Crippen molar-refractivity contribution in [1.29, 1.82) is 0 Å². The highest BCUT2D eigenvalue weighted by atomic mass is 16.5. The first kappa shape index (κ1) is 11.0. The zero-order valence-electron chi connectivity index (χ0n) is 9.03. The Labute approximate surface area is 85.3 Å². The Morgan fingerprint density at radius 1 is 1.57 bits per heavy atom. The van der Waals surface area contributed by atoms with E-state index < -0.39 is 0 Å². The van der Waals surface area contributed by atoms with E-state index in [9.17, 15) is 0 Å². The number of hydrogen-bond donors (Lipinski definition) is 1. The molecule has 0 aliphatic rings. The Morgan fingerprint density at radius 3 is 2.86 bits per heavy atom. The summed E-state index contributed by atoms with van der Waals surface area (Å²) in [6.07, 6.45) is 2.73. The van der Waals surface area contributed by atoms with E-state index in [1.54, 1.807) is 13.3 Å². The number of nitrogens with two attached hydrogens (primary N) is 1. The van der Waals surface area contributed by atoms with Gasteiger partial charge in [0.2, 0.25) is 5.88 Å². The minimum absolute atomic E-state index is 0.196. The van der Waals surface area contributed by atoms with Crippen molar-refractivity contribution >= 4 is 0 Å². The number of ether oxygens (including phenoxy) is 1. The Bertz CT molecular complexity index is 288. The summed E-state index contributed by atoms with van der Waals surface area (Å²) in [5.41, 5.74) is 7.17. The molecule has 2 atom stereocenters. The van der Waals surface area contributed by atoms with Crippen LogP contribution in [0.4, 0.5) is 0 Å². The fourth-order valence-corrected chi connectivity index (χ4v) is 1.42. The van der Waals surface area contributed by atoms with Gasteiger partial charge in [-0.15, -0.1) is 0 Å². The van der Waals surface area contributed by atoms with Gasteiger partial charge in [-0.2, -0.15) is 0 Å². The average Bonchev–Trinajstić information content (AvgIpc) is 2.27. The molecule has 14 heavy (non-hydrogen) atoms. The van der Waals surface area contributed by atoms with Crippen LogP contribution in [0.1, 0.15) is 31.7 Å². The Balaban J connectivity index is 2.83. The lowest BCUT2D eigenvalue weighted by molar-refractivity contribution is 0.396. The van der Waals surface area contributed by atoms with Crippen LogP contribution >= 0.6 is 0 Å². The zero-order valence-corrected chi connectivity index (χ0v) is 9.03. The van der Waals surface area contributed by atoms with Crippen LogP contribution in [0.5, 0.6) is 5.88 Å². The largest absolute Gasteiger partial charge is 0.481 e.